The SMILES string of the molecule is COC1C=CC=C/C1=C\C=C\C1=Nc2ccc3ccccc3c2C1(C)C. The van der Waals surface area contributed by atoms with E-state index in [0.29, 0.717) is 0 Å². The first-order valence-corrected chi connectivity index (χ1v) is 8.98. The highest BCUT2D eigenvalue weighted by Crippen LogP contribution is 2.44. The highest BCUT2D eigenvalue weighted by molar-refractivity contribution is 6.12. The third-order valence-electron chi connectivity index (χ3n) is 5.22. The topological polar surface area (TPSA) is 21.6 Å². The van der Waals surface area contributed by atoms with E-state index in [0.717, 1.165) is 17.0 Å². The predicted molar refractivity (Wildman–Crippen MR) is 110 cm³/mol. The van der Waals surface area contributed by atoms with E-state index in [4.69, 9.17) is 9.73 Å². The van der Waals surface area contributed by atoms with Crippen LogP contribution in [0.4, 0.5) is 5.69 Å². The zero-order valence-corrected chi connectivity index (χ0v) is 15.4. The van der Waals surface area contributed by atoms with Gasteiger partial charge >= 0.3 is 0 Å². The lowest BCUT2D eigenvalue weighted by Crippen LogP contribution is -2.24. The average Bonchev–Trinajstić information content (AvgIpc) is 2.93. The molecule has 1 heterocycles. The number of methoxy groups -OCH3 is 1. The quantitative estimate of drug-likeness (QED) is 0.688. The first-order chi connectivity index (χ1) is 12.6. The minimum atomic E-state index is -0.117. The lowest BCUT2D eigenvalue weighted by molar-refractivity contribution is 0.170. The summed E-state index contributed by atoms with van der Waals surface area (Å²) in [6, 6.07) is 12.8. The molecule has 0 N–H and O–H groups in total. The Kier molecular flexibility index (Phi) is 4.21. The van der Waals surface area contributed by atoms with Gasteiger partial charge in [-0.3, -0.25) is 4.99 Å². The Morgan fingerprint density at radius 2 is 1.92 bits per heavy atom. The summed E-state index contributed by atoms with van der Waals surface area (Å²) in [4.78, 5) is 4.91. The van der Waals surface area contributed by atoms with Crippen molar-refractivity contribution in [3.8, 4) is 0 Å². The van der Waals surface area contributed by atoms with Crippen LogP contribution in [0.2, 0.25) is 0 Å². The van der Waals surface area contributed by atoms with Gasteiger partial charge in [-0.1, -0.05) is 80.6 Å². The van der Waals surface area contributed by atoms with E-state index in [2.05, 4.69) is 80.6 Å². The number of aliphatic imine (C=N–C) groups is 1. The second kappa shape index (κ2) is 6.54. The third kappa shape index (κ3) is 2.77. The van der Waals surface area contributed by atoms with Crippen molar-refractivity contribution in [1.29, 1.82) is 0 Å². The summed E-state index contributed by atoms with van der Waals surface area (Å²) >= 11 is 0. The largest absolute Gasteiger partial charge is 0.373 e. The fraction of sp³-hybridized carbons (Fsp3) is 0.208. The number of ether oxygens (including phenoxy) is 1. The molecular weight excluding hydrogens is 318 g/mol. The van der Waals surface area contributed by atoms with Crippen LogP contribution in [0.15, 0.2) is 89.5 Å². The Hall–Kier alpha value is -2.71. The van der Waals surface area contributed by atoms with Gasteiger partial charge in [-0.05, 0) is 34.1 Å². The second-order valence-corrected chi connectivity index (χ2v) is 7.23. The van der Waals surface area contributed by atoms with Crippen molar-refractivity contribution >= 4 is 22.2 Å². The molecular formula is C24H23NO. The number of rotatable bonds is 3. The number of nitrogens with zero attached hydrogens (tertiary/aromatic N) is 1. The van der Waals surface area contributed by atoms with Crippen LogP contribution < -0.4 is 0 Å². The van der Waals surface area contributed by atoms with Gasteiger partial charge < -0.3 is 4.74 Å². The van der Waals surface area contributed by atoms with Crippen LogP contribution in [0.3, 0.4) is 0 Å². The summed E-state index contributed by atoms with van der Waals surface area (Å²) in [5.74, 6) is 0. The van der Waals surface area contributed by atoms with Crippen molar-refractivity contribution < 1.29 is 4.74 Å². The molecule has 1 aliphatic heterocycles. The minimum absolute atomic E-state index is 0.0179. The molecule has 2 aromatic carbocycles. The van der Waals surface area contributed by atoms with Crippen molar-refractivity contribution in [3.05, 3.63) is 90.1 Å². The fourth-order valence-corrected chi connectivity index (χ4v) is 3.81. The number of fused-ring (bicyclic) bond motifs is 3. The molecule has 0 spiro atoms. The molecule has 2 aliphatic rings. The Morgan fingerprint density at radius 1 is 1.08 bits per heavy atom. The molecule has 130 valence electrons. The second-order valence-electron chi connectivity index (χ2n) is 7.23. The van der Waals surface area contributed by atoms with Crippen molar-refractivity contribution in [1.82, 2.24) is 0 Å². The van der Waals surface area contributed by atoms with Crippen molar-refractivity contribution in [2.24, 2.45) is 4.99 Å². The van der Waals surface area contributed by atoms with E-state index in [1.54, 1.807) is 7.11 Å². The van der Waals surface area contributed by atoms with E-state index in [9.17, 15) is 0 Å². The molecule has 4 rings (SSSR count). The molecule has 0 saturated heterocycles. The molecule has 1 atom stereocenters. The van der Waals surface area contributed by atoms with Gasteiger partial charge in [0.2, 0.25) is 0 Å². The Labute approximate surface area is 154 Å². The summed E-state index contributed by atoms with van der Waals surface area (Å²) in [5, 5.41) is 2.56. The molecule has 0 aromatic heterocycles. The molecule has 0 fully saturated rings. The van der Waals surface area contributed by atoms with Crippen molar-refractivity contribution in [2.45, 2.75) is 25.4 Å². The summed E-state index contributed by atoms with van der Waals surface area (Å²) < 4.78 is 5.50. The van der Waals surface area contributed by atoms with Crippen molar-refractivity contribution in [3.63, 3.8) is 0 Å². The van der Waals surface area contributed by atoms with Crippen LogP contribution in [-0.4, -0.2) is 18.9 Å². The van der Waals surface area contributed by atoms with Gasteiger partial charge in [0.15, 0.2) is 0 Å². The fourth-order valence-electron chi connectivity index (χ4n) is 3.81. The Balaban J connectivity index is 1.67. The highest BCUT2D eigenvalue weighted by atomic mass is 16.5. The number of benzene rings is 2. The summed E-state index contributed by atoms with van der Waals surface area (Å²) in [5.41, 5.74) is 4.51. The minimum Gasteiger partial charge on any atom is -0.373 e. The molecule has 0 saturated carbocycles. The van der Waals surface area contributed by atoms with Gasteiger partial charge in [0.1, 0.15) is 6.10 Å². The first-order valence-electron chi connectivity index (χ1n) is 8.98. The number of hydrogen-bond acceptors (Lipinski definition) is 2. The maximum Gasteiger partial charge on any atom is 0.101 e. The van der Waals surface area contributed by atoms with Crippen molar-refractivity contribution in [2.75, 3.05) is 7.11 Å². The van der Waals surface area contributed by atoms with Crippen LogP contribution in [0.1, 0.15) is 19.4 Å². The maximum absolute atomic E-state index is 5.50. The smallest absolute Gasteiger partial charge is 0.101 e. The van der Waals surface area contributed by atoms with Crippen LogP contribution in [-0.2, 0) is 10.2 Å². The molecule has 1 aliphatic carbocycles. The predicted octanol–water partition coefficient (Wildman–Crippen LogP) is 5.83. The van der Waals surface area contributed by atoms with Crippen LogP contribution in [0.25, 0.3) is 10.8 Å². The van der Waals surface area contributed by atoms with E-state index < -0.39 is 0 Å². The summed E-state index contributed by atoms with van der Waals surface area (Å²) in [6.07, 6.45) is 14.5. The zero-order valence-electron chi connectivity index (χ0n) is 15.4. The van der Waals surface area contributed by atoms with E-state index in [-0.39, 0.29) is 11.5 Å². The molecule has 0 bridgehead atoms. The third-order valence-corrected chi connectivity index (χ3v) is 5.22. The Bertz CT molecular complexity index is 1000. The molecule has 2 heteroatoms. The number of hydrogen-bond donors (Lipinski definition) is 0. The van der Waals surface area contributed by atoms with E-state index in [1.807, 2.05) is 12.2 Å². The monoisotopic (exact) mass is 341 g/mol. The van der Waals surface area contributed by atoms with Gasteiger partial charge in [-0.15, -0.1) is 0 Å². The number of allylic oxidation sites excluding steroid dienone is 5. The summed E-state index contributed by atoms with van der Waals surface area (Å²) in [6.45, 7) is 4.51. The molecule has 0 radical (unpaired) electrons. The zero-order chi connectivity index (χ0) is 18.1. The normalized spacial score (nSPS) is 22.3. The lowest BCUT2D eigenvalue weighted by Gasteiger charge is -2.22. The summed E-state index contributed by atoms with van der Waals surface area (Å²) in [7, 11) is 1.73. The van der Waals surface area contributed by atoms with Crippen LogP contribution in [0.5, 0.6) is 0 Å². The van der Waals surface area contributed by atoms with Gasteiger partial charge in [-0.2, -0.15) is 0 Å². The Morgan fingerprint density at radius 3 is 2.77 bits per heavy atom. The van der Waals surface area contributed by atoms with Gasteiger partial charge in [-0.25, -0.2) is 0 Å². The standard InChI is InChI=1S/C24H23NO/c1-24(2)22(14-8-11-18-10-5-7-13-21(18)26-3)25-20-16-15-17-9-4-6-12-19(17)23(20)24/h4-16,21H,1-3H3/b14-8+,18-11+. The lowest BCUT2D eigenvalue weighted by atomic mass is 9.79. The van der Waals surface area contributed by atoms with Crippen LogP contribution >= 0.6 is 0 Å². The van der Waals surface area contributed by atoms with E-state index in [1.165, 1.54) is 16.3 Å². The molecule has 2 nitrogen and oxygen atoms in total. The molecule has 1 unspecified atom stereocenters. The average molecular weight is 341 g/mol. The maximum atomic E-state index is 5.50. The molecule has 26 heavy (non-hydrogen) atoms. The van der Waals surface area contributed by atoms with Gasteiger partial charge in [0, 0.05) is 12.5 Å². The first kappa shape index (κ1) is 16.7. The highest BCUT2D eigenvalue weighted by Gasteiger charge is 2.34. The van der Waals surface area contributed by atoms with E-state index >= 15 is 0 Å². The van der Waals surface area contributed by atoms with Gasteiger partial charge in [0.25, 0.3) is 0 Å². The molecule has 2 aromatic rings. The van der Waals surface area contributed by atoms with Gasteiger partial charge in [0.05, 0.1) is 11.4 Å². The van der Waals surface area contributed by atoms with Crippen LogP contribution in [0, 0.1) is 0 Å². The molecule has 0 amide bonds.